The molecule has 5 nitrogen and oxygen atoms in total. The quantitative estimate of drug-likeness (QED) is 0.615. The number of hydrogen-bond acceptors (Lipinski definition) is 4. The number of nitrogens with one attached hydrogen (secondary N) is 2. The molecule has 0 atom stereocenters. The van der Waals surface area contributed by atoms with Crippen molar-refractivity contribution < 1.29 is 9.53 Å². The van der Waals surface area contributed by atoms with Crippen molar-refractivity contribution in [3.63, 3.8) is 0 Å². The van der Waals surface area contributed by atoms with Gasteiger partial charge in [0.2, 0.25) is 0 Å². The normalized spacial score (nSPS) is 10.3. The summed E-state index contributed by atoms with van der Waals surface area (Å²) in [4.78, 5) is 16.6. The van der Waals surface area contributed by atoms with Crippen LogP contribution < -0.4 is 15.4 Å². The van der Waals surface area contributed by atoms with Crippen molar-refractivity contribution in [2.24, 2.45) is 0 Å². The molecule has 26 heavy (non-hydrogen) atoms. The maximum Gasteiger partial charge on any atom is 0.257 e. The summed E-state index contributed by atoms with van der Waals surface area (Å²) in [7, 11) is 1.59. The van der Waals surface area contributed by atoms with Crippen molar-refractivity contribution >= 4 is 46.2 Å². The highest BCUT2D eigenvalue weighted by Crippen LogP contribution is 2.28. The zero-order valence-electron chi connectivity index (χ0n) is 13.8. The van der Waals surface area contributed by atoms with Gasteiger partial charge >= 0.3 is 0 Å². The van der Waals surface area contributed by atoms with E-state index in [9.17, 15) is 4.79 Å². The van der Waals surface area contributed by atoms with Gasteiger partial charge < -0.3 is 15.4 Å². The summed E-state index contributed by atoms with van der Waals surface area (Å²) in [5.74, 6) is 0.346. The van der Waals surface area contributed by atoms with E-state index in [1.54, 1.807) is 37.6 Å². The number of rotatable bonds is 5. The Bertz CT molecular complexity index is 948. The number of nitrogens with zero attached hydrogens (tertiary/aromatic N) is 1. The second-order valence-electron chi connectivity index (χ2n) is 5.37. The molecule has 2 aromatic carbocycles. The van der Waals surface area contributed by atoms with Gasteiger partial charge in [0.25, 0.3) is 5.91 Å². The topological polar surface area (TPSA) is 63.2 Å². The van der Waals surface area contributed by atoms with E-state index in [4.69, 9.17) is 27.9 Å². The molecular formula is C19H15Cl2N3O2. The highest BCUT2D eigenvalue weighted by Gasteiger charge is 2.11. The SMILES string of the molecule is COc1ccccc1Nc1cncc(C(=O)Nc2cc(Cl)ccc2Cl)c1. The molecule has 0 saturated heterocycles. The Morgan fingerprint density at radius 1 is 1.04 bits per heavy atom. The first-order valence-corrected chi connectivity index (χ1v) is 8.44. The lowest BCUT2D eigenvalue weighted by atomic mass is 10.2. The van der Waals surface area contributed by atoms with Gasteiger partial charge in [-0.05, 0) is 36.4 Å². The predicted octanol–water partition coefficient (Wildman–Crippen LogP) is 5.39. The van der Waals surface area contributed by atoms with Crippen LogP contribution in [0.15, 0.2) is 60.9 Å². The van der Waals surface area contributed by atoms with Gasteiger partial charge in [0, 0.05) is 11.2 Å². The van der Waals surface area contributed by atoms with Gasteiger partial charge in [0.05, 0.1) is 41.0 Å². The first kappa shape index (κ1) is 18.0. The molecule has 0 unspecified atom stereocenters. The molecule has 0 spiro atoms. The summed E-state index contributed by atoms with van der Waals surface area (Å²) in [6, 6.07) is 14.0. The van der Waals surface area contributed by atoms with E-state index in [2.05, 4.69) is 15.6 Å². The number of halogens is 2. The van der Waals surface area contributed by atoms with Crippen LogP contribution in [-0.2, 0) is 0 Å². The lowest BCUT2D eigenvalue weighted by Crippen LogP contribution is -2.13. The van der Waals surface area contributed by atoms with Crippen molar-refractivity contribution in [2.45, 2.75) is 0 Å². The molecular weight excluding hydrogens is 373 g/mol. The molecule has 3 rings (SSSR count). The summed E-state index contributed by atoms with van der Waals surface area (Å²) in [5.41, 5.74) is 2.24. The van der Waals surface area contributed by atoms with Crippen LogP contribution in [-0.4, -0.2) is 18.0 Å². The fraction of sp³-hybridized carbons (Fsp3) is 0.0526. The third kappa shape index (κ3) is 4.25. The number of benzene rings is 2. The van der Waals surface area contributed by atoms with Gasteiger partial charge in [-0.1, -0.05) is 35.3 Å². The van der Waals surface area contributed by atoms with Crippen LogP contribution in [0.1, 0.15) is 10.4 Å². The van der Waals surface area contributed by atoms with Crippen molar-refractivity contribution in [1.29, 1.82) is 0 Å². The largest absolute Gasteiger partial charge is 0.495 e. The Morgan fingerprint density at radius 3 is 2.65 bits per heavy atom. The first-order chi connectivity index (χ1) is 12.6. The molecule has 2 N–H and O–H groups in total. The minimum Gasteiger partial charge on any atom is -0.495 e. The Kier molecular flexibility index (Phi) is 5.61. The summed E-state index contributed by atoms with van der Waals surface area (Å²) < 4.78 is 5.31. The zero-order chi connectivity index (χ0) is 18.5. The Labute approximate surface area is 160 Å². The average molecular weight is 388 g/mol. The highest BCUT2D eigenvalue weighted by atomic mass is 35.5. The van der Waals surface area contributed by atoms with Gasteiger partial charge in [-0.25, -0.2) is 0 Å². The number of carbonyl (C=O) groups excluding carboxylic acids is 1. The number of para-hydroxylation sites is 2. The molecule has 132 valence electrons. The maximum absolute atomic E-state index is 12.5. The van der Waals surface area contributed by atoms with Crippen LogP contribution in [0.5, 0.6) is 5.75 Å². The van der Waals surface area contributed by atoms with Crippen LogP contribution in [0.4, 0.5) is 17.1 Å². The number of methoxy groups -OCH3 is 1. The number of amides is 1. The van der Waals surface area contributed by atoms with E-state index >= 15 is 0 Å². The Morgan fingerprint density at radius 2 is 1.85 bits per heavy atom. The minimum absolute atomic E-state index is 0.342. The number of pyridine rings is 1. The summed E-state index contributed by atoms with van der Waals surface area (Å²) in [5, 5.41) is 6.80. The van der Waals surface area contributed by atoms with Crippen LogP contribution in [0.3, 0.4) is 0 Å². The fourth-order valence-electron chi connectivity index (χ4n) is 2.32. The van der Waals surface area contributed by atoms with Gasteiger partial charge in [-0.15, -0.1) is 0 Å². The van der Waals surface area contributed by atoms with Crippen molar-refractivity contribution in [2.75, 3.05) is 17.7 Å². The third-order valence-electron chi connectivity index (χ3n) is 3.56. The van der Waals surface area contributed by atoms with Gasteiger partial charge in [0.1, 0.15) is 5.75 Å². The van der Waals surface area contributed by atoms with Gasteiger partial charge in [0.15, 0.2) is 0 Å². The Balaban J connectivity index is 1.80. The number of ether oxygens (including phenoxy) is 1. The molecule has 0 aliphatic carbocycles. The predicted molar refractivity (Wildman–Crippen MR) is 105 cm³/mol. The van der Waals surface area contributed by atoms with Gasteiger partial charge in [-0.2, -0.15) is 0 Å². The Hall–Kier alpha value is -2.76. The summed E-state index contributed by atoms with van der Waals surface area (Å²) >= 11 is 12.0. The van der Waals surface area contributed by atoms with E-state index in [0.29, 0.717) is 32.7 Å². The molecule has 1 amide bonds. The van der Waals surface area contributed by atoms with E-state index in [1.165, 1.54) is 6.20 Å². The van der Waals surface area contributed by atoms with E-state index in [1.807, 2.05) is 24.3 Å². The minimum atomic E-state index is -0.342. The standard InChI is InChI=1S/C19H15Cl2N3O2/c1-26-18-5-3-2-4-16(18)23-14-8-12(10-22-11-14)19(25)24-17-9-13(20)6-7-15(17)21/h2-11,23H,1H3,(H,24,25). The molecule has 0 aliphatic heterocycles. The molecule has 1 heterocycles. The molecule has 1 aromatic heterocycles. The lowest BCUT2D eigenvalue weighted by molar-refractivity contribution is 0.102. The monoisotopic (exact) mass is 387 g/mol. The molecule has 3 aromatic rings. The van der Waals surface area contributed by atoms with Crippen LogP contribution in [0.2, 0.25) is 10.0 Å². The van der Waals surface area contributed by atoms with Crippen molar-refractivity contribution in [3.8, 4) is 5.75 Å². The highest BCUT2D eigenvalue weighted by molar-refractivity contribution is 6.35. The maximum atomic E-state index is 12.5. The second-order valence-corrected chi connectivity index (χ2v) is 6.21. The van der Waals surface area contributed by atoms with Gasteiger partial charge in [-0.3, -0.25) is 9.78 Å². The van der Waals surface area contributed by atoms with E-state index < -0.39 is 0 Å². The third-order valence-corrected chi connectivity index (χ3v) is 4.13. The molecule has 0 radical (unpaired) electrons. The lowest BCUT2D eigenvalue weighted by Gasteiger charge is -2.12. The van der Waals surface area contributed by atoms with Crippen LogP contribution in [0, 0.1) is 0 Å². The van der Waals surface area contributed by atoms with Crippen molar-refractivity contribution in [1.82, 2.24) is 4.98 Å². The number of aromatic nitrogens is 1. The second kappa shape index (κ2) is 8.08. The van der Waals surface area contributed by atoms with E-state index in [0.717, 1.165) is 5.69 Å². The zero-order valence-corrected chi connectivity index (χ0v) is 15.3. The number of carbonyl (C=O) groups is 1. The smallest absolute Gasteiger partial charge is 0.257 e. The van der Waals surface area contributed by atoms with Crippen molar-refractivity contribution in [3.05, 3.63) is 76.5 Å². The summed E-state index contributed by atoms with van der Waals surface area (Å²) in [6.45, 7) is 0. The van der Waals surface area contributed by atoms with Crippen LogP contribution in [0.25, 0.3) is 0 Å². The average Bonchev–Trinajstić information content (AvgIpc) is 2.65. The molecule has 7 heteroatoms. The summed E-state index contributed by atoms with van der Waals surface area (Å²) in [6.07, 6.45) is 3.09. The molecule has 0 fully saturated rings. The molecule has 0 bridgehead atoms. The van der Waals surface area contributed by atoms with Crippen LogP contribution >= 0.6 is 23.2 Å². The molecule has 0 aliphatic rings. The fourth-order valence-corrected chi connectivity index (χ4v) is 2.66. The molecule has 0 saturated carbocycles. The number of anilines is 3. The van der Waals surface area contributed by atoms with E-state index in [-0.39, 0.29) is 5.91 Å². The first-order valence-electron chi connectivity index (χ1n) is 7.68. The number of hydrogen-bond donors (Lipinski definition) is 2.